The van der Waals surface area contributed by atoms with E-state index in [-0.39, 0.29) is 21.1 Å². The van der Waals surface area contributed by atoms with Gasteiger partial charge in [0.05, 0.1) is 11.3 Å². The molecule has 252 valence electrons. The normalized spacial score (nSPS) is 11.7. The molecule has 10 aromatic rings. The van der Waals surface area contributed by atoms with Crippen molar-refractivity contribution in [2.75, 3.05) is 0 Å². The van der Waals surface area contributed by atoms with Crippen LogP contribution in [0.2, 0.25) is 0 Å². The van der Waals surface area contributed by atoms with E-state index in [2.05, 4.69) is 121 Å². The van der Waals surface area contributed by atoms with Gasteiger partial charge in [0, 0.05) is 48.0 Å². The minimum Gasteiger partial charge on any atom is -0.497 e. The van der Waals surface area contributed by atoms with Gasteiger partial charge in [-0.15, -0.1) is 12.1 Å². The number of ether oxygens (including phenoxy) is 1. The molecular formula is C45H31N5OPt. The molecule has 0 aliphatic rings. The summed E-state index contributed by atoms with van der Waals surface area (Å²) in [6.45, 7) is 8.82. The van der Waals surface area contributed by atoms with Gasteiger partial charge in [-0.2, -0.15) is 0 Å². The van der Waals surface area contributed by atoms with Gasteiger partial charge in [-0.05, 0) is 95.1 Å². The number of aryl methyl sites for hydroxylation is 4. The first kappa shape index (κ1) is 32.1. The summed E-state index contributed by atoms with van der Waals surface area (Å²) in [5, 5.41) is 6.03. The molecule has 0 atom stereocenters. The van der Waals surface area contributed by atoms with Crippen molar-refractivity contribution in [2.45, 2.75) is 27.7 Å². The van der Waals surface area contributed by atoms with Crippen LogP contribution < -0.4 is 4.74 Å². The third-order valence-electron chi connectivity index (χ3n) is 10.3. The maximum absolute atomic E-state index is 6.50. The standard InChI is InChI=1S/C45H31N5O.Pt/c1-26-8-5-9-27(2)41(26)36-24-35-33-16-14-31(51-30-13-15-32-34-12-7-17-46-43(34)50-21-19-48-45(50)38(32)22-30)23-39(33)44-47-18-20-49(44)40(35)25-37(36)42-28(3)10-6-11-29(42)4;/h5-21,24-25H,1-4H3;/q-2;+2. The van der Waals surface area contributed by atoms with Crippen molar-refractivity contribution in [3.8, 4) is 33.8 Å². The molecule has 0 aliphatic carbocycles. The predicted molar refractivity (Wildman–Crippen MR) is 206 cm³/mol. The Labute approximate surface area is 314 Å². The summed E-state index contributed by atoms with van der Waals surface area (Å²) < 4.78 is 10.7. The number of aromatic nitrogens is 5. The second-order valence-corrected chi connectivity index (χ2v) is 13.4. The van der Waals surface area contributed by atoms with E-state index in [4.69, 9.17) is 9.72 Å². The van der Waals surface area contributed by atoms with Gasteiger partial charge in [0.2, 0.25) is 0 Å². The average Bonchev–Trinajstić information content (AvgIpc) is 3.84. The molecule has 7 heteroatoms. The molecule has 0 saturated heterocycles. The molecule has 0 N–H and O–H groups in total. The Morgan fingerprint density at radius 3 is 1.63 bits per heavy atom. The fraction of sp³-hybridized carbons (Fsp3) is 0.0889. The van der Waals surface area contributed by atoms with Crippen LogP contribution in [-0.4, -0.2) is 23.8 Å². The van der Waals surface area contributed by atoms with E-state index in [0.717, 1.165) is 54.8 Å². The van der Waals surface area contributed by atoms with E-state index in [1.54, 1.807) is 12.4 Å². The monoisotopic (exact) mass is 852 g/mol. The minimum atomic E-state index is 0. The van der Waals surface area contributed by atoms with E-state index < -0.39 is 0 Å². The van der Waals surface area contributed by atoms with Gasteiger partial charge in [-0.1, -0.05) is 94.3 Å². The van der Waals surface area contributed by atoms with Gasteiger partial charge in [-0.25, -0.2) is 4.98 Å². The molecule has 0 unspecified atom stereocenters. The van der Waals surface area contributed by atoms with Gasteiger partial charge in [-0.3, -0.25) is 9.97 Å². The molecule has 0 fully saturated rings. The van der Waals surface area contributed by atoms with Crippen LogP contribution in [0.1, 0.15) is 22.3 Å². The minimum absolute atomic E-state index is 0. The molecule has 0 aliphatic heterocycles. The smallest absolute Gasteiger partial charge is 0.497 e. The summed E-state index contributed by atoms with van der Waals surface area (Å²) in [5.74, 6) is 1.17. The van der Waals surface area contributed by atoms with Gasteiger partial charge < -0.3 is 13.5 Å². The first-order chi connectivity index (χ1) is 24.9. The summed E-state index contributed by atoms with van der Waals surface area (Å²) >= 11 is 0. The van der Waals surface area contributed by atoms with Crippen LogP contribution in [0.4, 0.5) is 0 Å². The Morgan fingerprint density at radius 2 is 1.02 bits per heavy atom. The third-order valence-corrected chi connectivity index (χ3v) is 10.3. The fourth-order valence-corrected chi connectivity index (χ4v) is 8.03. The fourth-order valence-electron chi connectivity index (χ4n) is 8.03. The zero-order valence-corrected chi connectivity index (χ0v) is 31.2. The van der Waals surface area contributed by atoms with E-state index >= 15 is 0 Å². The molecule has 0 bridgehead atoms. The predicted octanol–water partition coefficient (Wildman–Crippen LogP) is 10.9. The Bertz CT molecular complexity index is 3030. The van der Waals surface area contributed by atoms with Gasteiger partial charge in [0.15, 0.2) is 0 Å². The first-order valence-electron chi connectivity index (χ1n) is 17.1. The largest absolute Gasteiger partial charge is 2.00 e. The molecule has 5 heterocycles. The number of fused-ring (bicyclic) bond motifs is 12. The van der Waals surface area contributed by atoms with Crippen LogP contribution in [0, 0.1) is 39.8 Å². The first-order valence-corrected chi connectivity index (χ1v) is 17.1. The third kappa shape index (κ3) is 4.78. The second-order valence-electron chi connectivity index (χ2n) is 13.4. The molecule has 0 spiro atoms. The number of pyridine rings is 3. The van der Waals surface area contributed by atoms with E-state index in [9.17, 15) is 0 Å². The maximum atomic E-state index is 6.50. The molecule has 10 rings (SSSR count). The molecule has 0 amide bonds. The molecule has 0 radical (unpaired) electrons. The van der Waals surface area contributed by atoms with Crippen LogP contribution in [-0.2, 0) is 21.1 Å². The Balaban J connectivity index is 0.00000360. The molecule has 52 heavy (non-hydrogen) atoms. The number of hydrogen-bond donors (Lipinski definition) is 0. The quantitative estimate of drug-likeness (QED) is 0.131. The van der Waals surface area contributed by atoms with Crippen LogP contribution in [0.5, 0.6) is 11.5 Å². The summed E-state index contributed by atoms with van der Waals surface area (Å²) in [4.78, 5) is 14.1. The van der Waals surface area contributed by atoms with Crippen LogP contribution >= 0.6 is 0 Å². The molecular weight excluding hydrogens is 822 g/mol. The topological polar surface area (TPSA) is 56.7 Å². The Hall–Kier alpha value is -5.84. The van der Waals surface area contributed by atoms with Gasteiger partial charge >= 0.3 is 21.1 Å². The van der Waals surface area contributed by atoms with Crippen molar-refractivity contribution >= 4 is 54.8 Å². The SMILES string of the molecule is Cc1cccc(C)c1-c1cc2c3ccc(Oc4[c-]c5c(cc4)c4cccnc4n4ccnc54)[c-]c3c3nccn3c2cc1-c1c(C)cccc1C.[Pt+2]. The molecule has 5 aromatic heterocycles. The number of imidazole rings is 2. The van der Waals surface area contributed by atoms with Crippen molar-refractivity contribution in [2.24, 2.45) is 0 Å². The van der Waals surface area contributed by atoms with Gasteiger partial charge in [0.25, 0.3) is 0 Å². The molecule has 0 saturated carbocycles. The second kappa shape index (κ2) is 12.1. The zero-order valence-electron chi connectivity index (χ0n) is 28.9. The van der Waals surface area contributed by atoms with Crippen molar-refractivity contribution in [1.29, 1.82) is 0 Å². The summed E-state index contributed by atoms with van der Waals surface area (Å²) in [5.41, 5.74) is 13.6. The van der Waals surface area contributed by atoms with Crippen molar-refractivity contribution in [1.82, 2.24) is 23.8 Å². The Morgan fingerprint density at radius 1 is 0.500 bits per heavy atom. The van der Waals surface area contributed by atoms with Crippen molar-refractivity contribution < 1.29 is 25.8 Å². The van der Waals surface area contributed by atoms with E-state index in [0.29, 0.717) is 11.5 Å². The summed E-state index contributed by atoms with van der Waals surface area (Å²) in [7, 11) is 0. The van der Waals surface area contributed by atoms with Crippen LogP contribution in [0.3, 0.4) is 0 Å². The number of nitrogens with zero attached hydrogens (tertiary/aromatic N) is 5. The maximum Gasteiger partial charge on any atom is 2.00 e. The summed E-state index contributed by atoms with van der Waals surface area (Å²) in [6.07, 6.45) is 9.43. The average molecular weight is 853 g/mol. The van der Waals surface area contributed by atoms with E-state index in [1.165, 1.54) is 44.5 Å². The van der Waals surface area contributed by atoms with Crippen molar-refractivity contribution in [3.63, 3.8) is 0 Å². The van der Waals surface area contributed by atoms with Gasteiger partial charge in [0.1, 0.15) is 5.65 Å². The number of hydrogen-bond acceptors (Lipinski definition) is 4. The molecule has 6 nitrogen and oxygen atoms in total. The van der Waals surface area contributed by atoms with Crippen LogP contribution in [0.15, 0.2) is 116 Å². The van der Waals surface area contributed by atoms with E-state index in [1.807, 2.05) is 41.2 Å². The van der Waals surface area contributed by atoms with Crippen LogP contribution in [0.25, 0.3) is 77.0 Å². The van der Waals surface area contributed by atoms with Crippen molar-refractivity contribution in [3.05, 3.63) is 150 Å². The molecule has 5 aromatic carbocycles. The number of benzene rings is 5. The summed E-state index contributed by atoms with van der Waals surface area (Å²) in [6, 6.07) is 37.1. The zero-order chi connectivity index (χ0) is 34.4. The number of rotatable bonds is 4. The Kier molecular flexibility index (Phi) is 7.49.